The molecule has 80 valence electrons. The molecule has 1 aliphatic carbocycles. The van der Waals surface area contributed by atoms with Crippen molar-refractivity contribution in [2.45, 2.75) is 58.3 Å². The smallest absolute Gasteiger partial charge is 0.0337 e. The normalized spacial score (nSPS) is 15.8. The predicted molar refractivity (Wildman–Crippen MR) is 68.7 cm³/mol. The Balaban J connectivity index is 1.94. The Kier molecular flexibility index (Phi) is 5.93. The molecule has 0 saturated heterocycles. The highest BCUT2D eigenvalue weighted by molar-refractivity contribution is 6.22. The van der Waals surface area contributed by atoms with Crippen LogP contribution in [0.15, 0.2) is 22.9 Å². The Morgan fingerprint density at radius 1 is 1.14 bits per heavy atom. The van der Waals surface area contributed by atoms with Gasteiger partial charge in [0, 0.05) is 10.2 Å². The third-order valence-electron chi connectivity index (χ3n) is 2.94. The zero-order valence-electron chi connectivity index (χ0n) is 9.81. The lowest BCUT2D eigenvalue weighted by Crippen LogP contribution is -1.81. The summed E-state index contributed by atoms with van der Waals surface area (Å²) >= 11 is 0. The standard InChI is InChI=1S/C13H24Si/c1-2-3-4-5-6-7-8-12-9-10-13(14)11-12/h9,11H,2-8,10H2,1,14H3. The first kappa shape index (κ1) is 11.8. The molecule has 0 aromatic heterocycles. The molecule has 0 heterocycles. The average Bonchev–Trinajstić information content (AvgIpc) is 2.58. The van der Waals surface area contributed by atoms with Gasteiger partial charge in [-0.1, -0.05) is 61.9 Å². The summed E-state index contributed by atoms with van der Waals surface area (Å²) in [7, 11) is 1.26. The van der Waals surface area contributed by atoms with Crippen LogP contribution in [0.4, 0.5) is 0 Å². The first-order chi connectivity index (χ1) is 6.83. The predicted octanol–water partition coefficient (Wildman–Crippen LogP) is 3.32. The highest BCUT2D eigenvalue weighted by Gasteiger charge is 2.01. The van der Waals surface area contributed by atoms with Crippen LogP contribution in [0.1, 0.15) is 58.3 Å². The molecule has 1 rings (SSSR count). The van der Waals surface area contributed by atoms with Gasteiger partial charge in [0.1, 0.15) is 0 Å². The minimum absolute atomic E-state index is 1.26. The Labute approximate surface area is 91.9 Å². The average molecular weight is 208 g/mol. The molecule has 0 spiro atoms. The van der Waals surface area contributed by atoms with Gasteiger partial charge in [0.25, 0.3) is 0 Å². The van der Waals surface area contributed by atoms with Crippen LogP contribution in [0.25, 0.3) is 0 Å². The van der Waals surface area contributed by atoms with Gasteiger partial charge in [-0.3, -0.25) is 0 Å². The molecule has 0 fully saturated rings. The monoisotopic (exact) mass is 208 g/mol. The molecule has 0 N–H and O–H groups in total. The molecule has 0 aromatic rings. The van der Waals surface area contributed by atoms with Crippen LogP contribution in [0.2, 0.25) is 0 Å². The third kappa shape index (κ3) is 4.80. The van der Waals surface area contributed by atoms with E-state index < -0.39 is 0 Å². The Bertz CT molecular complexity index is 213. The van der Waals surface area contributed by atoms with E-state index in [1.54, 1.807) is 10.8 Å². The summed E-state index contributed by atoms with van der Waals surface area (Å²) in [6.07, 6.45) is 15.9. The summed E-state index contributed by atoms with van der Waals surface area (Å²) in [6.45, 7) is 2.28. The minimum atomic E-state index is 1.26. The van der Waals surface area contributed by atoms with Crippen molar-refractivity contribution >= 4 is 10.2 Å². The summed E-state index contributed by atoms with van der Waals surface area (Å²) in [6, 6.07) is 0. The van der Waals surface area contributed by atoms with E-state index in [2.05, 4.69) is 19.1 Å². The van der Waals surface area contributed by atoms with Crippen molar-refractivity contribution < 1.29 is 0 Å². The summed E-state index contributed by atoms with van der Waals surface area (Å²) in [5.41, 5.74) is 1.62. The molecule has 0 aromatic carbocycles. The molecule has 0 unspecified atom stereocenters. The molecule has 0 bridgehead atoms. The second-order valence-electron chi connectivity index (χ2n) is 4.49. The van der Waals surface area contributed by atoms with Gasteiger partial charge in [-0.15, -0.1) is 0 Å². The summed E-state index contributed by atoms with van der Waals surface area (Å²) in [4.78, 5) is 0. The van der Waals surface area contributed by atoms with E-state index in [1.807, 2.05) is 0 Å². The van der Waals surface area contributed by atoms with Crippen molar-refractivity contribution in [2.75, 3.05) is 0 Å². The number of hydrogen-bond donors (Lipinski definition) is 0. The molecule has 1 aliphatic rings. The lowest BCUT2D eigenvalue weighted by Gasteiger charge is -2.00. The van der Waals surface area contributed by atoms with Crippen LogP contribution in [0, 0.1) is 0 Å². The summed E-state index contributed by atoms with van der Waals surface area (Å²) in [5, 5.41) is 1.67. The number of unbranched alkanes of at least 4 members (excludes halogenated alkanes) is 5. The maximum Gasteiger partial charge on any atom is 0.0337 e. The number of allylic oxidation sites excluding steroid dienone is 4. The zero-order valence-corrected chi connectivity index (χ0v) is 11.8. The molecule has 0 saturated carbocycles. The van der Waals surface area contributed by atoms with E-state index in [0.29, 0.717) is 0 Å². The Morgan fingerprint density at radius 2 is 1.86 bits per heavy atom. The maximum atomic E-state index is 2.43. The maximum absolute atomic E-state index is 2.43. The van der Waals surface area contributed by atoms with Gasteiger partial charge >= 0.3 is 0 Å². The largest absolute Gasteiger partial charge is 0.0878 e. The van der Waals surface area contributed by atoms with Crippen molar-refractivity contribution in [3.05, 3.63) is 22.9 Å². The van der Waals surface area contributed by atoms with Gasteiger partial charge in [0.05, 0.1) is 0 Å². The molecular formula is C13H24Si. The van der Waals surface area contributed by atoms with E-state index in [1.165, 1.54) is 61.6 Å². The van der Waals surface area contributed by atoms with Gasteiger partial charge in [-0.2, -0.15) is 0 Å². The van der Waals surface area contributed by atoms with Crippen LogP contribution < -0.4 is 0 Å². The van der Waals surface area contributed by atoms with E-state index in [9.17, 15) is 0 Å². The van der Waals surface area contributed by atoms with Gasteiger partial charge in [0.15, 0.2) is 0 Å². The van der Waals surface area contributed by atoms with Crippen LogP contribution in [0.3, 0.4) is 0 Å². The molecule has 0 aliphatic heterocycles. The molecule has 0 radical (unpaired) electrons. The topological polar surface area (TPSA) is 0 Å². The lowest BCUT2D eigenvalue weighted by atomic mass is 10.1. The molecule has 14 heavy (non-hydrogen) atoms. The van der Waals surface area contributed by atoms with Crippen LogP contribution in [-0.2, 0) is 0 Å². The Hall–Kier alpha value is -0.303. The number of rotatable bonds is 7. The van der Waals surface area contributed by atoms with E-state index in [-0.39, 0.29) is 0 Å². The summed E-state index contributed by atoms with van der Waals surface area (Å²) in [5.74, 6) is 0. The fourth-order valence-corrected chi connectivity index (χ4v) is 2.59. The van der Waals surface area contributed by atoms with Crippen LogP contribution >= 0.6 is 0 Å². The number of hydrogen-bond acceptors (Lipinski definition) is 0. The van der Waals surface area contributed by atoms with E-state index in [4.69, 9.17) is 0 Å². The first-order valence-electron chi connectivity index (χ1n) is 6.19. The van der Waals surface area contributed by atoms with E-state index >= 15 is 0 Å². The molecule has 1 heteroatoms. The third-order valence-corrected chi connectivity index (χ3v) is 3.63. The van der Waals surface area contributed by atoms with Crippen LogP contribution in [-0.4, -0.2) is 10.2 Å². The van der Waals surface area contributed by atoms with Crippen molar-refractivity contribution in [1.29, 1.82) is 0 Å². The SMILES string of the molecule is CCCCCCCCC1=CCC([SiH3])=C1. The highest BCUT2D eigenvalue weighted by Crippen LogP contribution is 2.20. The van der Waals surface area contributed by atoms with Gasteiger partial charge in [-0.05, 0) is 19.3 Å². The van der Waals surface area contributed by atoms with Gasteiger partial charge in [0.2, 0.25) is 0 Å². The second-order valence-corrected chi connectivity index (χ2v) is 5.78. The molecule has 0 atom stereocenters. The zero-order chi connectivity index (χ0) is 10.2. The first-order valence-corrected chi connectivity index (χ1v) is 7.19. The van der Waals surface area contributed by atoms with Crippen LogP contribution in [0.5, 0.6) is 0 Å². The van der Waals surface area contributed by atoms with Crippen molar-refractivity contribution in [3.8, 4) is 0 Å². The minimum Gasteiger partial charge on any atom is -0.0878 e. The fraction of sp³-hybridized carbons (Fsp3) is 0.692. The van der Waals surface area contributed by atoms with E-state index in [0.717, 1.165) is 0 Å². The molecule has 0 nitrogen and oxygen atoms in total. The highest BCUT2D eigenvalue weighted by atomic mass is 28.1. The second kappa shape index (κ2) is 7.05. The Morgan fingerprint density at radius 3 is 2.50 bits per heavy atom. The fourth-order valence-electron chi connectivity index (χ4n) is 2.01. The molecular weight excluding hydrogens is 184 g/mol. The quantitative estimate of drug-likeness (QED) is 0.445. The van der Waals surface area contributed by atoms with Gasteiger partial charge in [-0.25, -0.2) is 0 Å². The summed E-state index contributed by atoms with van der Waals surface area (Å²) < 4.78 is 0. The van der Waals surface area contributed by atoms with Crippen molar-refractivity contribution in [2.24, 2.45) is 0 Å². The van der Waals surface area contributed by atoms with Crippen molar-refractivity contribution in [1.82, 2.24) is 0 Å². The van der Waals surface area contributed by atoms with Crippen molar-refractivity contribution in [3.63, 3.8) is 0 Å². The lowest BCUT2D eigenvalue weighted by molar-refractivity contribution is 0.608. The van der Waals surface area contributed by atoms with Gasteiger partial charge < -0.3 is 0 Å². The molecule has 0 amide bonds.